The largest absolute Gasteiger partial charge is 0.497 e. The molecule has 0 bridgehead atoms. The molecular weight excluding hydrogens is 396 g/mol. The fraction of sp³-hybridized carbons (Fsp3) is 0.348. The molecule has 0 radical (unpaired) electrons. The third-order valence-electron chi connectivity index (χ3n) is 5.31. The smallest absolute Gasteiger partial charge is 0.282 e. The van der Waals surface area contributed by atoms with Crippen LogP contribution in [0.1, 0.15) is 20.3 Å². The molecule has 0 saturated heterocycles. The summed E-state index contributed by atoms with van der Waals surface area (Å²) >= 11 is 0. The van der Waals surface area contributed by atoms with Gasteiger partial charge in [-0.05, 0) is 50.2 Å². The first-order valence-corrected chi connectivity index (χ1v) is 10.4. The van der Waals surface area contributed by atoms with Crippen molar-refractivity contribution >= 4 is 34.8 Å². The van der Waals surface area contributed by atoms with Crippen molar-refractivity contribution in [1.29, 1.82) is 0 Å². The maximum Gasteiger partial charge on any atom is 0.282 e. The molecule has 31 heavy (non-hydrogen) atoms. The minimum atomic E-state index is -0.276. The molecule has 3 N–H and O–H groups in total. The van der Waals surface area contributed by atoms with Crippen molar-refractivity contribution in [2.45, 2.75) is 26.3 Å². The van der Waals surface area contributed by atoms with Gasteiger partial charge in [0.25, 0.3) is 11.8 Å². The van der Waals surface area contributed by atoms with Gasteiger partial charge in [0.2, 0.25) is 5.91 Å². The molecule has 0 aliphatic carbocycles. The van der Waals surface area contributed by atoms with E-state index in [2.05, 4.69) is 10.6 Å². The highest BCUT2D eigenvalue weighted by atomic mass is 16.5. The highest BCUT2D eigenvalue weighted by molar-refractivity contribution is 6.04. The fourth-order valence-corrected chi connectivity index (χ4v) is 3.69. The predicted molar refractivity (Wildman–Crippen MR) is 119 cm³/mol. The standard InChI is InChI=1S/C23H28N4O4/c1-4-26(14-22(29)24-17-9-11-18(31-3)12-10-17)15-23(30)27-16(2)13-21(28)25-19-7-5-6-8-20(19)27/h5-12,16H,4,13-15H2,1-3H3,(H,24,29)(H,25,28)/p+1/t16-/m1/s1. The summed E-state index contributed by atoms with van der Waals surface area (Å²) in [4.78, 5) is 40.4. The van der Waals surface area contributed by atoms with Gasteiger partial charge in [0.15, 0.2) is 13.1 Å². The van der Waals surface area contributed by atoms with Crippen molar-refractivity contribution in [2.24, 2.45) is 0 Å². The van der Waals surface area contributed by atoms with E-state index in [1.54, 1.807) is 42.3 Å². The number of methoxy groups -OCH3 is 1. The summed E-state index contributed by atoms with van der Waals surface area (Å²) in [6.45, 7) is 4.73. The summed E-state index contributed by atoms with van der Waals surface area (Å²) in [5, 5.41) is 5.72. The van der Waals surface area contributed by atoms with Gasteiger partial charge in [0, 0.05) is 18.2 Å². The highest BCUT2D eigenvalue weighted by Crippen LogP contribution is 2.31. The topological polar surface area (TPSA) is 92.2 Å². The Bertz CT molecular complexity index is 945. The molecule has 2 aromatic rings. The number of anilines is 3. The molecule has 1 unspecified atom stereocenters. The number of nitrogens with zero attached hydrogens (tertiary/aromatic N) is 1. The zero-order valence-electron chi connectivity index (χ0n) is 18.1. The third kappa shape index (κ3) is 5.61. The number of hydrogen-bond donors (Lipinski definition) is 3. The first kappa shape index (κ1) is 22.3. The van der Waals surface area contributed by atoms with Crippen LogP contribution in [0.25, 0.3) is 0 Å². The lowest BCUT2D eigenvalue weighted by Gasteiger charge is -2.29. The number of likely N-dealkylation sites (N-methyl/N-ethyl adjacent to an activating group) is 1. The minimum Gasteiger partial charge on any atom is -0.497 e. The maximum atomic E-state index is 13.2. The maximum absolute atomic E-state index is 13.2. The van der Waals surface area contributed by atoms with E-state index in [1.807, 2.05) is 32.0 Å². The Kier molecular flexibility index (Phi) is 7.25. The number of ether oxygens (including phenoxy) is 1. The van der Waals surface area contributed by atoms with Gasteiger partial charge < -0.3 is 25.2 Å². The van der Waals surface area contributed by atoms with Crippen LogP contribution in [0.3, 0.4) is 0 Å². The normalized spacial score (nSPS) is 16.5. The van der Waals surface area contributed by atoms with Crippen molar-refractivity contribution in [2.75, 3.05) is 42.3 Å². The van der Waals surface area contributed by atoms with Crippen molar-refractivity contribution in [1.82, 2.24) is 0 Å². The number of quaternary nitrogens is 1. The Morgan fingerprint density at radius 1 is 1.16 bits per heavy atom. The number of rotatable bonds is 7. The molecule has 8 nitrogen and oxygen atoms in total. The highest BCUT2D eigenvalue weighted by Gasteiger charge is 2.31. The number of para-hydroxylation sites is 2. The molecular formula is C23H29N4O4+. The summed E-state index contributed by atoms with van der Waals surface area (Å²) in [6, 6.07) is 14.1. The zero-order valence-corrected chi connectivity index (χ0v) is 18.1. The summed E-state index contributed by atoms with van der Waals surface area (Å²) in [6.07, 6.45) is 0.222. The van der Waals surface area contributed by atoms with E-state index >= 15 is 0 Å². The lowest BCUT2D eigenvalue weighted by Crippen LogP contribution is -3.14. The van der Waals surface area contributed by atoms with Crippen LogP contribution in [0, 0.1) is 0 Å². The Labute approximate surface area is 182 Å². The van der Waals surface area contributed by atoms with E-state index in [0.717, 1.165) is 4.90 Å². The number of hydrogen-bond acceptors (Lipinski definition) is 4. The summed E-state index contributed by atoms with van der Waals surface area (Å²) < 4.78 is 5.12. The quantitative estimate of drug-likeness (QED) is 0.624. The van der Waals surface area contributed by atoms with Crippen LogP contribution in [-0.2, 0) is 14.4 Å². The van der Waals surface area contributed by atoms with Gasteiger partial charge in [-0.25, -0.2) is 0 Å². The SMILES string of the molecule is CC[NH+](CC(=O)Nc1ccc(OC)cc1)CC(=O)N1c2ccccc2NC(=O)C[C@H]1C. The summed E-state index contributed by atoms with van der Waals surface area (Å²) in [5.41, 5.74) is 1.98. The van der Waals surface area contributed by atoms with Gasteiger partial charge in [-0.3, -0.25) is 14.4 Å². The van der Waals surface area contributed by atoms with E-state index in [9.17, 15) is 14.4 Å². The van der Waals surface area contributed by atoms with Gasteiger partial charge >= 0.3 is 0 Å². The number of benzene rings is 2. The fourth-order valence-electron chi connectivity index (χ4n) is 3.69. The van der Waals surface area contributed by atoms with Crippen molar-refractivity contribution in [3.63, 3.8) is 0 Å². The number of carbonyl (C=O) groups excluding carboxylic acids is 3. The average molecular weight is 426 g/mol. The zero-order chi connectivity index (χ0) is 22.4. The van der Waals surface area contributed by atoms with Crippen molar-refractivity contribution in [3.05, 3.63) is 48.5 Å². The number of nitrogens with one attached hydrogen (secondary N) is 3. The molecule has 164 valence electrons. The number of carbonyl (C=O) groups is 3. The molecule has 8 heteroatoms. The molecule has 2 aromatic carbocycles. The van der Waals surface area contributed by atoms with Gasteiger partial charge in [-0.15, -0.1) is 0 Å². The van der Waals surface area contributed by atoms with Crippen LogP contribution in [0.2, 0.25) is 0 Å². The minimum absolute atomic E-state index is 0.117. The number of amides is 3. The Balaban J connectivity index is 1.67. The monoisotopic (exact) mass is 425 g/mol. The molecule has 0 spiro atoms. The Morgan fingerprint density at radius 3 is 2.55 bits per heavy atom. The van der Waals surface area contributed by atoms with E-state index in [0.29, 0.717) is 29.4 Å². The van der Waals surface area contributed by atoms with E-state index < -0.39 is 0 Å². The molecule has 0 fully saturated rings. The van der Waals surface area contributed by atoms with Crippen LogP contribution >= 0.6 is 0 Å². The van der Waals surface area contributed by atoms with Gasteiger partial charge in [-0.2, -0.15) is 0 Å². The van der Waals surface area contributed by atoms with Gasteiger partial charge in [0.05, 0.1) is 25.0 Å². The van der Waals surface area contributed by atoms with Gasteiger partial charge in [-0.1, -0.05) is 12.1 Å². The Hall–Kier alpha value is -3.39. The predicted octanol–water partition coefficient (Wildman–Crippen LogP) is 1.30. The summed E-state index contributed by atoms with van der Waals surface area (Å²) in [7, 11) is 1.59. The van der Waals surface area contributed by atoms with Gasteiger partial charge in [0.1, 0.15) is 5.75 Å². The molecule has 1 heterocycles. The molecule has 2 atom stereocenters. The molecule has 1 aliphatic rings. The van der Waals surface area contributed by atoms with Crippen LogP contribution in [0.4, 0.5) is 17.1 Å². The van der Waals surface area contributed by atoms with E-state index in [1.165, 1.54) is 0 Å². The van der Waals surface area contributed by atoms with Crippen LogP contribution in [0.15, 0.2) is 48.5 Å². The van der Waals surface area contributed by atoms with Crippen molar-refractivity contribution < 1.29 is 24.0 Å². The second kappa shape index (κ2) is 10.1. The number of fused-ring (bicyclic) bond motifs is 1. The molecule has 0 aromatic heterocycles. The average Bonchev–Trinajstić information content (AvgIpc) is 2.87. The lowest BCUT2D eigenvalue weighted by molar-refractivity contribution is -0.881. The molecule has 3 amide bonds. The second-order valence-electron chi connectivity index (χ2n) is 7.62. The first-order chi connectivity index (χ1) is 14.9. The van der Waals surface area contributed by atoms with Crippen LogP contribution in [0.5, 0.6) is 5.75 Å². The third-order valence-corrected chi connectivity index (χ3v) is 5.31. The van der Waals surface area contributed by atoms with Crippen LogP contribution in [-0.4, -0.2) is 50.5 Å². The second-order valence-corrected chi connectivity index (χ2v) is 7.62. The molecule has 0 saturated carbocycles. The lowest BCUT2D eigenvalue weighted by atomic mass is 10.1. The Morgan fingerprint density at radius 2 is 1.87 bits per heavy atom. The van der Waals surface area contributed by atoms with E-state index in [-0.39, 0.29) is 43.3 Å². The van der Waals surface area contributed by atoms with Crippen LogP contribution < -0.4 is 25.2 Å². The summed E-state index contributed by atoms with van der Waals surface area (Å²) in [5.74, 6) is 0.305. The van der Waals surface area contributed by atoms with Crippen molar-refractivity contribution in [3.8, 4) is 5.75 Å². The first-order valence-electron chi connectivity index (χ1n) is 10.4. The van der Waals surface area contributed by atoms with E-state index in [4.69, 9.17) is 4.74 Å². The molecule has 1 aliphatic heterocycles. The molecule has 3 rings (SSSR count).